The van der Waals surface area contributed by atoms with Crippen molar-refractivity contribution in [3.63, 3.8) is 0 Å². The number of imide groups is 1. The third-order valence-electron chi connectivity index (χ3n) is 6.88. The van der Waals surface area contributed by atoms with Crippen LogP contribution in [0.2, 0.25) is 0 Å². The number of hydrogen-bond donors (Lipinski definition) is 0. The van der Waals surface area contributed by atoms with E-state index in [0.717, 1.165) is 32.9 Å². The van der Waals surface area contributed by atoms with E-state index in [1.54, 1.807) is 6.92 Å². The molecule has 7 heteroatoms. The second-order valence-corrected chi connectivity index (χ2v) is 10.2. The van der Waals surface area contributed by atoms with Crippen molar-refractivity contribution in [2.24, 2.45) is 5.92 Å². The van der Waals surface area contributed by atoms with Gasteiger partial charge < -0.3 is 9.47 Å². The first kappa shape index (κ1) is 27.1. The zero-order chi connectivity index (χ0) is 28.4. The van der Waals surface area contributed by atoms with Crippen LogP contribution in [-0.4, -0.2) is 24.4 Å². The third-order valence-corrected chi connectivity index (χ3v) is 6.88. The molecular weight excluding hydrogens is 509 g/mol. The number of hydrogen-bond acceptors (Lipinski definition) is 5. The zero-order valence-corrected chi connectivity index (χ0v) is 22.7. The summed E-state index contributed by atoms with van der Waals surface area (Å²) < 4.78 is 26.3. The van der Waals surface area contributed by atoms with E-state index in [9.17, 15) is 14.4 Å². The van der Waals surface area contributed by atoms with Crippen LogP contribution in [0.3, 0.4) is 0 Å². The van der Waals surface area contributed by atoms with E-state index < -0.39 is 23.6 Å². The van der Waals surface area contributed by atoms with Gasteiger partial charge in [-0.1, -0.05) is 74.5 Å². The Kier molecular flexibility index (Phi) is 7.65. The van der Waals surface area contributed by atoms with Gasteiger partial charge in [-0.3, -0.25) is 14.4 Å². The highest BCUT2D eigenvalue weighted by Crippen LogP contribution is 2.43. The topological polar surface area (TPSA) is 72.9 Å². The average molecular weight is 540 g/mol. The number of rotatable bonds is 9. The lowest BCUT2D eigenvalue weighted by Gasteiger charge is -2.18. The molecular formula is C33H30FNO5. The second-order valence-electron chi connectivity index (χ2n) is 10.2. The maximum absolute atomic E-state index is 15.1. The molecule has 0 bridgehead atoms. The summed E-state index contributed by atoms with van der Waals surface area (Å²) in [5, 5.41) is 1.59. The number of anilines is 1. The number of benzene rings is 4. The lowest BCUT2D eigenvalue weighted by atomic mass is 9.89. The van der Waals surface area contributed by atoms with Crippen molar-refractivity contribution in [1.29, 1.82) is 0 Å². The van der Waals surface area contributed by atoms with Gasteiger partial charge in [0.25, 0.3) is 11.8 Å². The fourth-order valence-electron chi connectivity index (χ4n) is 5.15. The average Bonchev–Trinajstić information content (AvgIpc) is 3.19. The van der Waals surface area contributed by atoms with Crippen LogP contribution in [-0.2, 0) is 29.0 Å². The van der Waals surface area contributed by atoms with Crippen molar-refractivity contribution in [2.75, 3.05) is 11.5 Å². The van der Waals surface area contributed by atoms with E-state index in [4.69, 9.17) is 9.47 Å². The number of carbonyl (C=O) groups is 3. The first-order valence-electron chi connectivity index (χ1n) is 13.4. The van der Waals surface area contributed by atoms with E-state index in [1.165, 1.54) is 12.1 Å². The lowest BCUT2D eigenvalue weighted by molar-refractivity contribution is -0.142. The van der Waals surface area contributed by atoms with Gasteiger partial charge in [-0.15, -0.1) is 0 Å². The minimum atomic E-state index is -0.699. The predicted molar refractivity (Wildman–Crippen MR) is 151 cm³/mol. The highest BCUT2D eigenvalue weighted by Gasteiger charge is 2.43. The molecule has 4 aromatic rings. The molecule has 1 aliphatic heterocycles. The molecule has 0 saturated carbocycles. The smallest absolute Gasteiger partial charge is 0.310 e. The van der Waals surface area contributed by atoms with Crippen molar-refractivity contribution in [3.8, 4) is 5.75 Å². The van der Waals surface area contributed by atoms with Gasteiger partial charge in [0.15, 0.2) is 0 Å². The molecule has 5 rings (SSSR count). The largest absolute Gasteiger partial charge is 0.487 e. The van der Waals surface area contributed by atoms with Crippen LogP contribution in [0, 0.1) is 11.7 Å². The van der Waals surface area contributed by atoms with Gasteiger partial charge in [0.2, 0.25) is 0 Å². The summed E-state index contributed by atoms with van der Waals surface area (Å²) in [6.45, 7) is 6.18. The van der Waals surface area contributed by atoms with Crippen molar-refractivity contribution in [2.45, 2.75) is 40.2 Å². The van der Waals surface area contributed by atoms with Crippen LogP contribution < -0.4 is 9.64 Å². The van der Waals surface area contributed by atoms with E-state index >= 15 is 4.39 Å². The second kappa shape index (κ2) is 11.3. The Labute approximate surface area is 232 Å². The number of ether oxygens (including phenoxy) is 2. The molecule has 0 unspecified atom stereocenters. The van der Waals surface area contributed by atoms with E-state index in [1.807, 2.05) is 54.6 Å². The molecule has 0 saturated heterocycles. The number of carbonyl (C=O) groups excluding carboxylic acids is 3. The van der Waals surface area contributed by atoms with E-state index in [2.05, 4.69) is 13.8 Å². The van der Waals surface area contributed by atoms with Crippen molar-refractivity contribution in [3.05, 3.63) is 106 Å². The molecule has 0 aliphatic carbocycles. The predicted octanol–water partition coefficient (Wildman–Crippen LogP) is 6.66. The summed E-state index contributed by atoms with van der Waals surface area (Å²) >= 11 is 0. The fraction of sp³-hybridized carbons (Fsp3) is 0.242. The van der Waals surface area contributed by atoms with Crippen LogP contribution in [0.25, 0.3) is 10.8 Å². The van der Waals surface area contributed by atoms with Gasteiger partial charge in [-0.05, 0) is 53.5 Å². The molecule has 4 aromatic carbocycles. The number of halogens is 1. The Morgan fingerprint density at radius 2 is 1.57 bits per heavy atom. The molecule has 0 radical (unpaired) electrons. The number of amides is 2. The molecule has 1 aliphatic rings. The zero-order valence-electron chi connectivity index (χ0n) is 22.7. The van der Waals surface area contributed by atoms with Crippen LogP contribution in [0.15, 0.2) is 72.8 Å². The highest BCUT2D eigenvalue weighted by molar-refractivity contribution is 6.37. The van der Waals surface area contributed by atoms with Crippen LogP contribution in [0.5, 0.6) is 5.75 Å². The highest BCUT2D eigenvalue weighted by atomic mass is 19.1. The van der Waals surface area contributed by atoms with Crippen LogP contribution in [0.4, 0.5) is 10.1 Å². The van der Waals surface area contributed by atoms with Gasteiger partial charge >= 0.3 is 5.97 Å². The first-order chi connectivity index (χ1) is 19.3. The Morgan fingerprint density at radius 1 is 0.900 bits per heavy atom. The first-order valence-corrected chi connectivity index (χ1v) is 13.4. The molecule has 0 atom stereocenters. The number of esters is 1. The molecule has 0 aromatic heterocycles. The monoisotopic (exact) mass is 539 g/mol. The quantitative estimate of drug-likeness (QED) is 0.176. The molecule has 0 N–H and O–H groups in total. The molecule has 204 valence electrons. The maximum Gasteiger partial charge on any atom is 0.310 e. The normalized spacial score (nSPS) is 12.8. The maximum atomic E-state index is 15.1. The summed E-state index contributed by atoms with van der Waals surface area (Å²) in [5.41, 5.74) is 2.37. The molecule has 1 heterocycles. The van der Waals surface area contributed by atoms with E-state index in [-0.39, 0.29) is 47.9 Å². The minimum absolute atomic E-state index is 0.0878. The fourth-order valence-corrected chi connectivity index (χ4v) is 5.15. The number of fused-ring (bicyclic) bond motifs is 2. The van der Waals surface area contributed by atoms with Gasteiger partial charge in [0.1, 0.15) is 18.2 Å². The van der Waals surface area contributed by atoms with Crippen LogP contribution >= 0.6 is 0 Å². The van der Waals surface area contributed by atoms with Gasteiger partial charge in [-0.25, -0.2) is 9.29 Å². The summed E-state index contributed by atoms with van der Waals surface area (Å²) in [7, 11) is 0. The molecule has 0 fully saturated rings. The summed E-state index contributed by atoms with van der Waals surface area (Å²) in [6.07, 6.45) is 0.324. The van der Waals surface area contributed by atoms with Crippen molar-refractivity contribution in [1.82, 2.24) is 0 Å². The van der Waals surface area contributed by atoms with Crippen molar-refractivity contribution < 1.29 is 28.2 Å². The van der Waals surface area contributed by atoms with Gasteiger partial charge in [0, 0.05) is 5.39 Å². The molecule has 2 amide bonds. The Balaban J connectivity index is 1.62. The summed E-state index contributed by atoms with van der Waals surface area (Å²) in [6, 6.07) is 21.2. The van der Waals surface area contributed by atoms with Crippen LogP contribution in [0.1, 0.15) is 58.2 Å². The van der Waals surface area contributed by atoms with E-state index in [0.29, 0.717) is 12.2 Å². The molecule has 40 heavy (non-hydrogen) atoms. The minimum Gasteiger partial charge on any atom is -0.487 e. The van der Waals surface area contributed by atoms with Crippen molar-refractivity contribution >= 4 is 34.2 Å². The Bertz CT molecular complexity index is 1610. The molecule has 0 spiro atoms. The Hall–Kier alpha value is -4.52. The summed E-state index contributed by atoms with van der Waals surface area (Å²) in [4.78, 5) is 40.9. The summed E-state index contributed by atoms with van der Waals surface area (Å²) in [5.74, 6) is -1.81. The number of nitrogens with zero attached hydrogens (tertiary/aromatic N) is 1. The standard InChI is InChI=1S/C33H30FNO5/c1-4-39-28(36)17-22-14-15-23(18-27(22)34)35-32(37)29-26(16-20(2)3)24-12-8-9-13-25(24)31(30(29)33(35)38)40-19-21-10-6-5-7-11-21/h5-15,18,20H,4,16-17,19H2,1-3H3. The Morgan fingerprint density at radius 3 is 2.25 bits per heavy atom. The van der Waals surface area contributed by atoms with Gasteiger partial charge in [0.05, 0.1) is 29.8 Å². The SMILES string of the molecule is CCOC(=O)Cc1ccc(N2C(=O)c3c(c(OCc4ccccc4)c4ccccc4c3CC(C)C)C2=O)cc1F. The molecule has 6 nitrogen and oxygen atoms in total. The van der Waals surface area contributed by atoms with Gasteiger partial charge in [-0.2, -0.15) is 0 Å². The third kappa shape index (κ3) is 5.07. The lowest BCUT2D eigenvalue weighted by Crippen LogP contribution is -2.29.